The van der Waals surface area contributed by atoms with Crippen LogP contribution in [-0.2, 0) is 0 Å². The summed E-state index contributed by atoms with van der Waals surface area (Å²) in [5.41, 5.74) is 2.34. The van der Waals surface area contributed by atoms with Crippen LogP contribution in [0, 0.1) is 5.82 Å². The number of hydrogen-bond acceptors (Lipinski definition) is 1. The van der Waals surface area contributed by atoms with Crippen molar-refractivity contribution in [2.24, 2.45) is 0 Å². The molecule has 1 aliphatic rings. The lowest BCUT2D eigenvalue weighted by Crippen LogP contribution is -2.23. The molecule has 18 heavy (non-hydrogen) atoms. The predicted octanol–water partition coefficient (Wildman–Crippen LogP) is 4.63. The first-order chi connectivity index (χ1) is 8.72. The second-order valence-corrected chi connectivity index (χ2v) is 5.10. The number of halogens is 2. The Kier molecular flexibility index (Phi) is 4.79. The van der Waals surface area contributed by atoms with Crippen molar-refractivity contribution in [2.45, 2.75) is 38.6 Å². The molecule has 1 aromatic carbocycles. The van der Waals surface area contributed by atoms with Gasteiger partial charge in [-0.05, 0) is 49.9 Å². The van der Waals surface area contributed by atoms with Crippen LogP contribution < -0.4 is 5.32 Å². The number of rotatable bonds is 4. The van der Waals surface area contributed by atoms with Gasteiger partial charge >= 0.3 is 0 Å². The quantitative estimate of drug-likeness (QED) is 0.785. The Balaban J connectivity index is 2.28. The Bertz CT molecular complexity index is 442. The highest BCUT2D eigenvalue weighted by Crippen LogP contribution is 2.31. The number of likely N-dealkylation sites (N-methyl/N-ethyl adjacent to an activating group) is 1. The number of benzene rings is 1. The third-order valence-corrected chi connectivity index (χ3v) is 3.69. The van der Waals surface area contributed by atoms with Gasteiger partial charge in [0.1, 0.15) is 5.82 Å². The van der Waals surface area contributed by atoms with Crippen LogP contribution in [0.2, 0.25) is 5.02 Å². The van der Waals surface area contributed by atoms with Crippen molar-refractivity contribution in [2.75, 3.05) is 6.54 Å². The maximum atomic E-state index is 13.6. The van der Waals surface area contributed by atoms with E-state index < -0.39 is 0 Å². The molecule has 0 amide bonds. The molecule has 98 valence electrons. The van der Waals surface area contributed by atoms with Gasteiger partial charge in [-0.1, -0.05) is 36.2 Å². The van der Waals surface area contributed by atoms with E-state index in [0.717, 1.165) is 24.9 Å². The van der Waals surface area contributed by atoms with Crippen LogP contribution in [0.5, 0.6) is 0 Å². The molecule has 0 saturated carbocycles. The molecule has 1 atom stereocenters. The molecule has 1 aliphatic carbocycles. The lowest BCUT2D eigenvalue weighted by molar-refractivity contribution is 0.557. The van der Waals surface area contributed by atoms with Crippen molar-refractivity contribution in [3.8, 4) is 0 Å². The molecule has 0 radical (unpaired) electrons. The highest BCUT2D eigenvalue weighted by Gasteiger charge is 2.18. The molecule has 0 bridgehead atoms. The summed E-state index contributed by atoms with van der Waals surface area (Å²) in [5.74, 6) is -0.339. The van der Waals surface area contributed by atoms with Gasteiger partial charge in [-0.25, -0.2) is 4.39 Å². The average molecular weight is 268 g/mol. The summed E-state index contributed by atoms with van der Waals surface area (Å²) >= 11 is 5.74. The van der Waals surface area contributed by atoms with Gasteiger partial charge in [-0.15, -0.1) is 0 Å². The first-order valence-electron chi connectivity index (χ1n) is 6.59. The SMILES string of the molecule is CCNC(C1=CCCCC1)c1ccc(Cl)c(F)c1. The molecule has 0 spiro atoms. The van der Waals surface area contributed by atoms with Crippen LogP contribution >= 0.6 is 11.6 Å². The number of nitrogens with one attached hydrogen (secondary N) is 1. The summed E-state index contributed by atoms with van der Waals surface area (Å²) in [6, 6.07) is 5.22. The second kappa shape index (κ2) is 6.35. The van der Waals surface area contributed by atoms with Gasteiger partial charge in [0.25, 0.3) is 0 Å². The van der Waals surface area contributed by atoms with Gasteiger partial charge in [0.05, 0.1) is 11.1 Å². The lowest BCUT2D eigenvalue weighted by atomic mass is 9.90. The molecule has 0 heterocycles. The van der Waals surface area contributed by atoms with Crippen molar-refractivity contribution in [1.82, 2.24) is 5.32 Å². The van der Waals surface area contributed by atoms with Crippen LogP contribution in [0.1, 0.15) is 44.2 Å². The van der Waals surface area contributed by atoms with Crippen molar-refractivity contribution in [1.29, 1.82) is 0 Å². The largest absolute Gasteiger partial charge is 0.307 e. The molecule has 1 N–H and O–H groups in total. The molecule has 3 heteroatoms. The second-order valence-electron chi connectivity index (χ2n) is 4.69. The zero-order valence-electron chi connectivity index (χ0n) is 10.7. The Morgan fingerprint density at radius 1 is 1.39 bits per heavy atom. The summed E-state index contributed by atoms with van der Waals surface area (Å²) < 4.78 is 13.6. The smallest absolute Gasteiger partial charge is 0.142 e. The van der Waals surface area contributed by atoms with Crippen molar-refractivity contribution in [3.05, 3.63) is 46.3 Å². The first kappa shape index (κ1) is 13.6. The predicted molar refractivity (Wildman–Crippen MR) is 74.4 cm³/mol. The van der Waals surface area contributed by atoms with Crippen molar-refractivity contribution >= 4 is 11.6 Å². The summed E-state index contributed by atoms with van der Waals surface area (Å²) in [6.45, 7) is 2.94. The van der Waals surface area contributed by atoms with Crippen LogP contribution in [0.4, 0.5) is 4.39 Å². The first-order valence-corrected chi connectivity index (χ1v) is 6.97. The lowest BCUT2D eigenvalue weighted by Gasteiger charge is -2.24. The number of allylic oxidation sites excluding steroid dienone is 1. The van der Waals surface area contributed by atoms with E-state index in [1.54, 1.807) is 12.1 Å². The molecule has 0 aliphatic heterocycles. The molecule has 2 rings (SSSR count). The van der Waals surface area contributed by atoms with Gasteiger partial charge < -0.3 is 5.32 Å². The van der Waals surface area contributed by atoms with Gasteiger partial charge in [-0.2, -0.15) is 0 Å². The average Bonchev–Trinajstić information content (AvgIpc) is 2.40. The van der Waals surface area contributed by atoms with Crippen LogP contribution in [0.15, 0.2) is 29.8 Å². The number of hydrogen-bond donors (Lipinski definition) is 1. The molecule has 0 aromatic heterocycles. The van der Waals surface area contributed by atoms with Gasteiger partial charge in [0.15, 0.2) is 0 Å². The molecule has 1 unspecified atom stereocenters. The van der Waals surface area contributed by atoms with Crippen LogP contribution in [0.25, 0.3) is 0 Å². The third-order valence-electron chi connectivity index (χ3n) is 3.38. The van der Waals surface area contributed by atoms with E-state index in [1.165, 1.54) is 18.4 Å². The Morgan fingerprint density at radius 2 is 2.22 bits per heavy atom. The molecule has 1 aromatic rings. The molecule has 0 fully saturated rings. The fraction of sp³-hybridized carbons (Fsp3) is 0.467. The third kappa shape index (κ3) is 3.12. The molecular formula is C15H19ClFN. The van der Waals surface area contributed by atoms with E-state index in [2.05, 4.69) is 18.3 Å². The fourth-order valence-electron chi connectivity index (χ4n) is 2.48. The van der Waals surface area contributed by atoms with E-state index in [9.17, 15) is 4.39 Å². The standard InChI is InChI=1S/C15H19ClFN/c1-2-18-15(11-6-4-3-5-7-11)12-8-9-13(16)14(17)10-12/h6,8-10,15,18H,2-5,7H2,1H3. The van der Waals surface area contributed by atoms with E-state index in [4.69, 9.17) is 11.6 Å². The summed E-state index contributed by atoms with van der Waals surface area (Å²) in [4.78, 5) is 0. The summed E-state index contributed by atoms with van der Waals surface area (Å²) in [6.07, 6.45) is 7.01. The minimum absolute atomic E-state index is 0.127. The van der Waals surface area contributed by atoms with E-state index in [0.29, 0.717) is 0 Å². The monoisotopic (exact) mass is 267 g/mol. The normalized spacial score (nSPS) is 17.4. The topological polar surface area (TPSA) is 12.0 Å². The highest BCUT2D eigenvalue weighted by atomic mass is 35.5. The summed E-state index contributed by atoms with van der Waals surface area (Å²) in [5, 5.41) is 3.62. The molecule has 0 saturated heterocycles. The fourth-order valence-corrected chi connectivity index (χ4v) is 2.60. The Morgan fingerprint density at radius 3 is 2.83 bits per heavy atom. The van der Waals surface area contributed by atoms with Crippen molar-refractivity contribution < 1.29 is 4.39 Å². The highest BCUT2D eigenvalue weighted by molar-refractivity contribution is 6.30. The van der Waals surface area contributed by atoms with E-state index in [1.807, 2.05) is 6.07 Å². The van der Waals surface area contributed by atoms with Crippen LogP contribution in [0.3, 0.4) is 0 Å². The maximum absolute atomic E-state index is 13.6. The van der Waals surface area contributed by atoms with Crippen LogP contribution in [-0.4, -0.2) is 6.54 Å². The molecular weight excluding hydrogens is 249 g/mol. The van der Waals surface area contributed by atoms with Gasteiger partial charge in [0.2, 0.25) is 0 Å². The zero-order chi connectivity index (χ0) is 13.0. The van der Waals surface area contributed by atoms with E-state index in [-0.39, 0.29) is 16.9 Å². The van der Waals surface area contributed by atoms with Gasteiger partial charge in [0, 0.05) is 0 Å². The minimum atomic E-state index is -0.339. The van der Waals surface area contributed by atoms with E-state index >= 15 is 0 Å². The minimum Gasteiger partial charge on any atom is -0.307 e. The Hall–Kier alpha value is -0.860. The maximum Gasteiger partial charge on any atom is 0.142 e. The van der Waals surface area contributed by atoms with Gasteiger partial charge in [-0.3, -0.25) is 0 Å². The zero-order valence-corrected chi connectivity index (χ0v) is 11.4. The summed E-state index contributed by atoms with van der Waals surface area (Å²) in [7, 11) is 0. The Labute approximate surface area is 113 Å². The van der Waals surface area contributed by atoms with Crippen molar-refractivity contribution in [3.63, 3.8) is 0 Å². The molecule has 1 nitrogen and oxygen atoms in total.